The van der Waals surface area contributed by atoms with Crippen LogP contribution in [-0.2, 0) is 9.47 Å². The van der Waals surface area contributed by atoms with Gasteiger partial charge in [0.1, 0.15) is 0 Å². The summed E-state index contributed by atoms with van der Waals surface area (Å²) in [5, 5.41) is 11.4. The third-order valence-electron chi connectivity index (χ3n) is 2.36. The van der Waals surface area contributed by atoms with Gasteiger partial charge in [-0.3, -0.25) is 4.79 Å². The molecule has 0 saturated heterocycles. The third-order valence-corrected chi connectivity index (χ3v) is 2.36. The fraction of sp³-hybridized carbons (Fsp3) is 0.385. The summed E-state index contributed by atoms with van der Waals surface area (Å²) in [6.07, 6.45) is 0. The van der Waals surface area contributed by atoms with Crippen LogP contribution < -0.4 is 5.32 Å². The van der Waals surface area contributed by atoms with Crippen molar-refractivity contribution in [3.8, 4) is 0 Å². The van der Waals surface area contributed by atoms with Crippen molar-refractivity contribution in [3.05, 3.63) is 35.4 Å². The highest BCUT2D eigenvalue weighted by atomic mass is 16.5. The van der Waals surface area contributed by atoms with Crippen LogP contribution in [0.1, 0.15) is 20.7 Å². The van der Waals surface area contributed by atoms with E-state index in [1.54, 1.807) is 7.11 Å². The minimum absolute atomic E-state index is 0.152. The Morgan fingerprint density at radius 3 is 2.32 bits per heavy atom. The minimum atomic E-state index is -1.02. The molecule has 0 saturated carbocycles. The van der Waals surface area contributed by atoms with Crippen molar-refractivity contribution in [3.63, 3.8) is 0 Å². The summed E-state index contributed by atoms with van der Waals surface area (Å²) < 4.78 is 10.0. The first-order chi connectivity index (χ1) is 9.15. The van der Waals surface area contributed by atoms with Gasteiger partial charge in [0.25, 0.3) is 5.91 Å². The van der Waals surface area contributed by atoms with Crippen LogP contribution in [0.2, 0.25) is 0 Å². The van der Waals surface area contributed by atoms with Crippen LogP contribution in [0.25, 0.3) is 0 Å². The second-order valence-electron chi connectivity index (χ2n) is 3.74. The summed E-state index contributed by atoms with van der Waals surface area (Å²) in [6.45, 7) is 1.80. The van der Waals surface area contributed by atoms with Crippen LogP contribution in [0.4, 0.5) is 0 Å². The molecule has 0 radical (unpaired) electrons. The van der Waals surface area contributed by atoms with Crippen molar-refractivity contribution in [1.82, 2.24) is 5.32 Å². The Balaban J connectivity index is 2.31. The lowest BCUT2D eigenvalue weighted by molar-refractivity contribution is 0.0689. The molecule has 1 amide bonds. The van der Waals surface area contributed by atoms with Crippen molar-refractivity contribution in [2.45, 2.75) is 0 Å². The first kappa shape index (κ1) is 15.1. The van der Waals surface area contributed by atoms with E-state index in [0.717, 1.165) is 0 Å². The summed E-state index contributed by atoms with van der Waals surface area (Å²) in [5.41, 5.74) is 0.571. The van der Waals surface area contributed by atoms with Crippen molar-refractivity contribution >= 4 is 11.9 Å². The topological polar surface area (TPSA) is 84.9 Å². The summed E-state index contributed by atoms with van der Waals surface area (Å²) >= 11 is 0. The van der Waals surface area contributed by atoms with E-state index in [1.807, 2.05) is 0 Å². The van der Waals surface area contributed by atoms with E-state index in [-0.39, 0.29) is 11.5 Å². The normalized spacial score (nSPS) is 10.2. The minimum Gasteiger partial charge on any atom is -0.478 e. The van der Waals surface area contributed by atoms with Crippen molar-refractivity contribution in [2.24, 2.45) is 0 Å². The number of aromatic carboxylic acids is 1. The summed E-state index contributed by atoms with van der Waals surface area (Å²) in [5.74, 6) is -1.27. The van der Waals surface area contributed by atoms with E-state index >= 15 is 0 Å². The van der Waals surface area contributed by atoms with E-state index in [9.17, 15) is 9.59 Å². The molecule has 1 aromatic rings. The maximum Gasteiger partial charge on any atom is 0.335 e. The standard InChI is InChI=1S/C13H17NO5/c1-18-8-9-19-7-6-14-12(15)10-2-4-11(5-3-10)13(16)17/h2-5H,6-9H2,1H3,(H,14,15)(H,16,17). The zero-order valence-electron chi connectivity index (χ0n) is 10.7. The molecule has 6 nitrogen and oxygen atoms in total. The number of carbonyl (C=O) groups is 2. The summed E-state index contributed by atoms with van der Waals surface area (Å²) in [4.78, 5) is 22.3. The number of hydrogen-bond donors (Lipinski definition) is 2. The molecule has 104 valence electrons. The molecule has 0 aliphatic carbocycles. The highest BCUT2D eigenvalue weighted by Gasteiger charge is 2.07. The molecule has 0 aliphatic rings. The van der Waals surface area contributed by atoms with Gasteiger partial charge < -0.3 is 19.9 Å². The van der Waals surface area contributed by atoms with E-state index < -0.39 is 5.97 Å². The number of rotatable bonds is 8. The number of carbonyl (C=O) groups excluding carboxylic acids is 1. The van der Waals surface area contributed by atoms with E-state index in [4.69, 9.17) is 14.6 Å². The van der Waals surface area contributed by atoms with Gasteiger partial charge in [0.05, 0.1) is 25.4 Å². The number of hydrogen-bond acceptors (Lipinski definition) is 4. The first-order valence-electron chi connectivity index (χ1n) is 5.83. The molecule has 6 heteroatoms. The number of methoxy groups -OCH3 is 1. The lowest BCUT2D eigenvalue weighted by Crippen LogP contribution is -2.27. The van der Waals surface area contributed by atoms with Crippen LogP contribution in [0.15, 0.2) is 24.3 Å². The summed E-state index contributed by atoms with van der Waals surface area (Å²) in [7, 11) is 1.59. The zero-order chi connectivity index (χ0) is 14.1. The molecule has 1 aromatic carbocycles. The third kappa shape index (κ3) is 5.50. The largest absolute Gasteiger partial charge is 0.478 e. The molecule has 2 N–H and O–H groups in total. The fourth-order valence-corrected chi connectivity index (χ4v) is 1.35. The van der Waals surface area contributed by atoms with Gasteiger partial charge in [-0.1, -0.05) is 0 Å². The maximum atomic E-state index is 11.7. The Kier molecular flexibility index (Phi) is 6.56. The first-order valence-corrected chi connectivity index (χ1v) is 5.83. The molecule has 0 atom stereocenters. The average Bonchev–Trinajstić information content (AvgIpc) is 2.42. The molecule has 0 heterocycles. The highest BCUT2D eigenvalue weighted by Crippen LogP contribution is 2.04. The maximum absolute atomic E-state index is 11.7. The van der Waals surface area contributed by atoms with Crippen molar-refractivity contribution in [2.75, 3.05) is 33.5 Å². The zero-order valence-corrected chi connectivity index (χ0v) is 10.7. The molecule has 0 aliphatic heterocycles. The van der Waals surface area contributed by atoms with Gasteiger partial charge in [0.15, 0.2) is 0 Å². The van der Waals surface area contributed by atoms with Crippen LogP contribution in [0.5, 0.6) is 0 Å². The van der Waals surface area contributed by atoms with Gasteiger partial charge in [-0.2, -0.15) is 0 Å². The molecule has 0 bridgehead atoms. The lowest BCUT2D eigenvalue weighted by Gasteiger charge is -2.06. The fourth-order valence-electron chi connectivity index (χ4n) is 1.35. The monoisotopic (exact) mass is 267 g/mol. The predicted molar refractivity (Wildman–Crippen MR) is 68.4 cm³/mol. The van der Waals surface area contributed by atoms with Crippen LogP contribution in [0.3, 0.4) is 0 Å². The lowest BCUT2D eigenvalue weighted by atomic mass is 10.1. The molecule has 0 spiro atoms. The quantitative estimate of drug-likeness (QED) is 0.680. The number of ether oxygens (including phenoxy) is 2. The van der Waals surface area contributed by atoms with Crippen LogP contribution in [-0.4, -0.2) is 50.5 Å². The molecular weight excluding hydrogens is 250 g/mol. The Morgan fingerprint density at radius 1 is 1.11 bits per heavy atom. The average molecular weight is 267 g/mol. The van der Waals surface area contributed by atoms with Crippen LogP contribution >= 0.6 is 0 Å². The summed E-state index contributed by atoms with van der Waals surface area (Å²) in [6, 6.07) is 5.74. The molecular formula is C13H17NO5. The van der Waals surface area contributed by atoms with Gasteiger partial charge >= 0.3 is 5.97 Å². The molecule has 0 unspecified atom stereocenters. The predicted octanol–water partition coefficient (Wildman–Crippen LogP) is 0.778. The number of nitrogens with one attached hydrogen (secondary N) is 1. The second-order valence-corrected chi connectivity index (χ2v) is 3.74. The Bertz CT molecular complexity index is 416. The molecule has 0 fully saturated rings. The number of carboxylic acids is 1. The van der Waals surface area contributed by atoms with Crippen molar-refractivity contribution < 1.29 is 24.2 Å². The SMILES string of the molecule is COCCOCCNC(=O)c1ccc(C(=O)O)cc1. The Hall–Kier alpha value is -1.92. The highest BCUT2D eigenvalue weighted by molar-refractivity contribution is 5.95. The number of carboxylic acid groups (broad SMARTS) is 1. The van der Waals surface area contributed by atoms with Gasteiger partial charge in [-0.25, -0.2) is 4.79 Å². The van der Waals surface area contributed by atoms with E-state index in [0.29, 0.717) is 31.9 Å². The number of amides is 1. The molecule has 0 aromatic heterocycles. The van der Waals surface area contributed by atoms with Gasteiger partial charge in [-0.15, -0.1) is 0 Å². The van der Waals surface area contributed by atoms with E-state index in [1.165, 1.54) is 24.3 Å². The smallest absolute Gasteiger partial charge is 0.335 e. The molecule has 19 heavy (non-hydrogen) atoms. The van der Waals surface area contributed by atoms with Gasteiger partial charge in [0, 0.05) is 19.2 Å². The number of benzene rings is 1. The van der Waals surface area contributed by atoms with Gasteiger partial charge in [0.2, 0.25) is 0 Å². The molecule has 1 rings (SSSR count). The Labute approximate surface area is 111 Å². The van der Waals surface area contributed by atoms with Gasteiger partial charge in [-0.05, 0) is 24.3 Å². The van der Waals surface area contributed by atoms with Crippen molar-refractivity contribution in [1.29, 1.82) is 0 Å². The second kappa shape index (κ2) is 8.23. The van der Waals surface area contributed by atoms with Crippen LogP contribution in [0, 0.1) is 0 Å². The Morgan fingerprint density at radius 2 is 1.74 bits per heavy atom. The van der Waals surface area contributed by atoms with E-state index in [2.05, 4.69) is 5.32 Å².